The molecule has 4 nitrogen and oxygen atoms in total. The average Bonchev–Trinajstić information content (AvgIpc) is 3.04. The number of hydrogen-bond acceptors (Lipinski definition) is 3. The Morgan fingerprint density at radius 1 is 0.929 bits per heavy atom. The smallest absolute Gasteiger partial charge is 0.257 e. The van der Waals surface area contributed by atoms with Gasteiger partial charge >= 0.3 is 0 Å². The van der Waals surface area contributed by atoms with E-state index in [2.05, 4.69) is 5.32 Å². The van der Waals surface area contributed by atoms with Crippen molar-refractivity contribution in [2.24, 2.45) is 0 Å². The van der Waals surface area contributed by atoms with E-state index in [0.29, 0.717) is 33.2 Å². The lowest BCUT2D eigenvalue weighted by atomic mass is 10.0. The number of furan rings is 1. The Balaban J connectivity index is 1.66. The fourth-order valence-electron chi connectivity index (χ4n) is 3.08. The Morgan fingerprint density at radius 3 is 2.39 bits per heavy atom. The fourth-order valence-corrected chi connectivity index (χ4v) is 3.30. The molecule has 0 aliphatic heterocycles. The van der Waals surface area contributed by atoms with Gasteiger partial charge in [0.05, 0.1) is 10.6 Å². The molecule has 1 amide bonds. The lowest BCUT2D eigenvalue weighted by molar-refractivity contribution is 0.101. The zero-order valence-corrected chi connectivity index (χ0v) is 15.8. The third-order valence-corrected chi connectivity index (χ3v) is 4.88. The second-order valence-electron chi connectivity index (χ2n) is 6.40. The van der Waals surface area contributed by atoms with Crippen LogP contribution in [0.3, 0.4) is 0 Å². The number of carbonyl (C=O) groups excluding carboxylic acids is 2. The third kappa shape index (κ3) is 3.30. The number of nitrogens with one attached hydrogen (secondary N) is 1. The normalized spacial score (nSPS) is 10.8. The molecule has 1 aromatic heterocycles. The van der Waals surface area contributed by atoms with Crippen molar-refractivity contribution in [3.05, 3.63) is 100 Å². The van der Waals surface area contributed by atoms with Crippen LogP contribution in [-0.2, 0) is 0 Å². The molecule has 28 heavy (non-hydrogen) atoms. The molecule has 0 atom stereocenters. The van der Waals surface area contributed by atoms with Crippen LogP contribution in [0, 0.1) is 6.92 Å². The second kappa shape index (κ2) is 7.33. The number of ketones is 1. The molecule has 4 rings (SSSR count). The molecule has 1 heterocycles. The summed E-state index contributed by atoms with van der Waals surface area (Å²) in [6, 6.07) is 21.1. The zero-order chi connectivity index (χ0) is 19.7. The van der Waals surface area contributed by atoms with E-state index in [1.807, 2.05) is 25.1 Å². The highest BCUT2D eigenvalue weighted by Crippen LogP contribution is 2.30. The number of hydrogen-bond donors (Lipinski definition) is 1. The van der Waals surface area contributed by atoms with Crippen molar-refractivity contribution in [3.8, 4) is 0 Å². The summed E-state index contributed by atoms with van der Waals surface area (Å²) in [5.74, 6) is -0.168. The molecule has 4 aromatic rings. The Kier molecular flexibility index (Phi) is 4.72. The summed E-state index contributed by atoms with van der Waals surface area (Å²) in [6.07, 6.45) is 0. The van der Waals surface area contributed by atoms with Crippen molar-refractivity contribution in [2.45, 2.75) is 6.92 Å². The minimum absolute atomic E-state index is 0.170. The molecule has 0 saturated carbocycles. The first kappa shape index (κ1) is 18.0. The lowest BCUT2D eigenvalue weighted by Gasteiger charge is -2.06. The van der Waals surface area contributed by atoms with Gasteiger partial charge in [-0.3, -0.25) is 9.59 Å². The first-order valence-electron chi connectivity index (χ1n) is 8.73. The number of amides is 1. The van der Waals surface area contributed by atoms with E-state index < -0.39 is 0 Å². The molecule has 0 unspecified atom stereocenters. The summed E-state index contributed by atoms with van der Waals surface area (Å²) >= 11 is 6.09. The van der Waals surface area contributed by atoms with Gasteiger partial charge < -0.3 is 9.73 Å². The topological polar surface area (TPSA) is 59.3 Å². The molecule has 0 spiro atoms. The molecule has 0 aliphatic rings. The van der Waals surface area contributed by atoms with Gasteiger partial charge in [0.25, 0.3) is 5.91 Å². The maximum atomic E-state index is 12.7. The molecule has 0 bridgehead atoms. The maximum absolute atomic E-state index is 12.7. The van der Waals surface area contributed by atoms with Gasteiger partial charge in [-0.1, -0.05) is 54.1 Å². The Labute approximate surface area is 166 Å². The van der Waals surface area contributed by atoms with Crippen LogP contribution in [0.4, 0.5) is 5.69 Å². The van der Waals surface area contributed by atoms with Crippen molar-refractivity contribution < 1.29 is 14.0 Å². The van der Waals surface area contributed by atoms with Crippen molar-refractivity contribution in [1.29, 1.82) is 0 Å². The Bertz CT molecular complexity index is 1200. The first-order valence-corrected chi connectivity index (χ1v) is 9.11. The van der Waals surface area contributed by atoms with Crippen LogP contribution in [0.1, 0.15) is 32.0 Å². The SMILES string of the molecule is Cc1c(C(=O)c2ccccc2)oc2ccc(NC(=O)c3ccccc3Cl)cc12. The van der Waals surface area contributed by atoms with Gasteiger partial charge in [0.1, 0.15) is 5.58 Å². The maximum Gasteiger partial charge on any atom is 0.257 e. The number of anilines is 1. The monoisotopic (exact) mass is 389 g/mol. The van der Waals surface area contributed by atoms with E-state index in [4.69, 9.17) is 16.0 Å². The van der Waals surface area contributed by atoms with Crippen molar-refractivity contribution in [2.75, 3.05) is 5.32 Å². The lowest BCUT2D eigenvalue weighted by Crippen LogP contribution is -2.12. The van der Waals surface area contributed by atoms with Gasteiger partial charge in [0, 0.05) is 22.2 Å². The van der Waals surface area contributed by atoms with E-state index in [9.17, 15) is 9.59 Å². The van der Waals surface area contributed by atoms with E-state index in [-0.39, 0.29) is 11.7 Å². The van der Waals surface area contributed by atoms with Gasteiger partial charge in [0.2, 0.25) is 5.78 Å². The van der Waals surface area contributed by atoms with Crippen LogP contribution >= 0.6 is 11.6 Å². The highest BCUT2D eigenvalue weighted by molar-refractivity contribution is 6.34. The first-order chi connectivity index (χ1) is 13.5. The van der Waals surface area contributed by atoms with Crippen LogP contribution in [0.5, 0.6) is 0 Å². The van der Waals surface area contributed by atoms with Gasteiger partial charge in [0.15, 0.2) is 5.76 Å². The third-order valence-electron chi connectivity index (χ3n) is 4.55. The van der Waals surface area contributed by atoms with Crippen LogP contribution in [0.2, 0.25) is 5.02 Å². The highest BCUT2D eigenvalue weighted by atomic mass is 35.5. The van der Waals surface area contributed by atoms with Crippen LogP contribution in [0.15, 0.2) is 77.2 Å². The van der Waals surface area contributed by atoms with Crippen molar-refractivity contribution >= 4 is 39.9 Å². The molecule has 0 aliphatic carbocycles. The molecular formula is C23H16ClNO3. The summed E-state index contributed by atoms with van der Waals surface area (Å²) in [4.78, 5) is 25.2. The second-order valence-corrected chi connectivity index (χ2v) is 6.80. The molecule has 5 heteroatoms. The predicted molar refractivity (Wildman–Crippen MR) is 110 cm³/mol. The summed E-state index contributed by atoms with van der Waals surface area (Å²) in [5.41, 5.74) is 2.88. The molecule has 3 aromatic carbocycles. The highest BCUT2D eigenvalue weighted by Gasteiger charge is 2.19. The van der Waals surface area contributed by atoms with E-state index in [1.165, 1.54) is 0 Å². The molecule has 0 fully saturated rings. The van der Waals surface area contributed by atoms with Crippen molar-refractivity contribution in [3.63, 3.8) is 0 Å². The van der Waals surface area contributed by atoms with E-state index in [0.717, 1.165) is 10.9 Å². The molecule has 0 radical (unpaired) electrons. The predicted octanol–water partition coefficient (Wildman–Crippen LogP) is 5.88. The van der Waals surface area contributed by atoms with Crippen molar-refractivity contribution in [1.82, 2.24) is 0 Å². The van der Waals surface area contributed by atoms with E-state index in [1.54, 1.807) is 54.6 Å². The minimum atomic E-state index is -0.299. The number of rotatable bonds is 4. The minimum Gasteiger partial charge on any atom is -0.452 e. The zero-order valence-electron chi connectivity index (χ0n) is 15.0. The quantitative estimate of drug-likeness (QED) is 0.443. The number of aryl methyl sites for hydroxylation is 1. The summed E-state index contributed by atoms with van der Waals surface area (Å²) in [7, 11) is 0. The number of halogens is 1. The number of benzene rings is 3. The van der Waals surface area contributed by atoms with Gasteiger partial charge in [-0.2, -0.15) is 0 Å². The average molecular weight is 390 g/mol. The van der Waals surface area contributed by atoms with E-state index >= 15 is 0 Å². The van der Waals surface area contributed by atoms with Crippen LogP contribution < -0.4 is 5.32 Å². The Hall–Kier alpha value is -3.37. The Morgan fingerprint density at radius 2 is 1.64 bits per heavy atom. The largest absolute Gasteiger partial charge is 0.452 e. The van der Waals surface area contributed by atoms with Gasteiger partial charge in [-0.25, -0.2) is 0 Å². The van der Waals surface area contributed by atoms with Gasteiger partial charge in [-0.15, -0.1) is 0 Å². The van der Waals surface area contributed by atoms with Crippen LogP contribution in [-0.4, -0.2) is 11.7 Å². The molecule has 1 N–H and O–H groups in total. The van der Waals surface area contributed by atoms with Gasteiger partial charge in [-0.05, 0) is 37.3 Å². The fraction of sp³-hybridized carbons (Fsp3) is 0.0435. The summed E-state index contributed by atoms with van der Waals surface area (Å²) in [5, 5.41) is 4.00. The van der Waals surface area contributed by atoms with Crippen LogP contribution in [0.25, 0.3) is 11.0 Å². The molecule has 0 saturated heterocycles. The standard InChI is InChI=1S/C23H16ClNO3/c1-14-18-13-16(25-23(27)17-9-5-6-10-19(17)24)11-12-20(18)28-22(14)21(26)15-7-3-2-4-8-15/h2-13H,1H3,(H,25,27). The summed E-state index contributed by atoms with van der Waals surface area (Å²) in [6.45, 7) is 1.83. The molecular weight excluding hydrogens is 374 g/mol. The molecule has 138 valence electrons. The number of carbonyl (C=O) groups is 2. The summed E-state index contributed by atoms with van der Waals surface area (Å²) < 4.78 is 5.80. The number of fused-ring (bicyclic) bond motifs is 1.